The van der Waals surface area contributed by atoms with Gasteiger partial charge in [-0.3, -0.25) is 4.79 Å². The Morgan fingerprint density at radius 1 is 1.44 bits per heavy atom. The molecule has 0 amide bonds. The fraction of sp³-hybridized carbons (Fsp3) is 0.917. The summed E-state index contributed by atoms with van der Waals surface area (Å²) in [4.78, 5) is 11.5. The van der Waals surface area contributed by atoms with E-state index in [4.69, 9.17) is 9.47 Å². The highest BCUT2D eigenvalue weighted by Crippen LogP contribution is 2.37. The van der Waals surface area contributed by atoms with E-state index >= 15 is 0 Å². The van der Waals surface area contributed by atoms with Crippen LogP contribution in [-0.4, -0.2) is 37.9 Å². The van der Waals surface area contributed by atoms with Crippen molar-refractivity contribution in [3.8, 4) is 0 Å². The van der Waals surface area contributed by atoms with Gasteiger partial charge in [0.25, 0.3) is 0 Å². The summed E-state index contributed by atoms with van der Waals surface area (Å²) in [5, 5.41) is 3.46. The van der Waals surface area contributed by atoms with Crippen LogP contribution in [0.3, 0.4) is 0 Å². The van der Waals surface area contributed by atoms with E-state index in [1.54, 1.807) is 7.11 Å². The Labute approximate surface area is 97.7 Å². The lowest BCUT2D eigenvalue weighted by atomic mass is 9.72. The molecule has 0 aromatic rings. The molecule has 1 rings (SSSR count). The molecule has 0 radical (unpaired) electrons. The summed E-state index contributed by atoms with van der Waals surface area (Å²) in [5.41, 5.74) is -0.0804. The van der Waals surface area contributed by atoms with Gasteiger partial charge in [0.2, 0.25) is 0 Å². The maximum absolute atomic E-state index is 11.5. The maximum atomic E-state index is 11.5. The normalized spacial score (nSPS) is 28.6. The van der Waals surface area contributed by atoms with E-state index in [1.165, 1.54) is 0 Å². The van der Waals surface area contributed by atoms with Crippen LogP contribution in [0.25, 0.3) is 0 Å². The Bertz CT molecular complexity index is 219. The number of hydrogen-bond donors (Lipinski definition) is 1. The van der Waals surface area contributed by atoms with Gasteiger partial charge in [0, 0.05) is 12.6 Å². The molecule has 0 aromatic heterocycles. The number of nitrogens with one attached hydrogen (secondary N) is 1. The van der Waals surface area contributed by atoms with Gasteiger partial charge in [-0.05, 0) is 32.7 Å². The molecule has 0 heterocycles. The summed E-state index contributed by atoms with van der Waals surface area (Å²) in [5.74, 6) is -0.111. The van der Waals surface area contributed by atoms with E-state index in [0.29, 0.717) is 19.1 Å². The van der Waals surface area contributed by atoms with Crippen LogP contribution in [0.1, 0.15) is 39.5 Å². The number of rotatable bonds is 7. The average molecular weight is 229 g/mol. The topological polar surface area (TPSA) is 47.6 Å². The van der Waals surface area contributed by atoms with Crippen LogP contribution in [-0.2, 0) is 14.3 Å². The van der Waals surface area contributed by atoms with Crippen molar-refractivity contribution in [1.29, 1.82) is 0 Å². The highest BCUT2D eigenvalue weighted by atomic mass is 16.5. The van der Waals surface area contributed by atoms with Crippen molar-refractivity contribution in [2.45, 2.75) is 51.2 Å². The molecular formula is C12H23NO3. The van der Waals surface area contributed by atoms with Crippen molar-refractivity contribution >= 4 is 5.97 Å². The summed E-state index contributed by atoms with van der Waals surface area (Å²) >= 11 is 0. The standard InChI is InChI=1S/C12H23NO3/c1-4-6-13-12(7-10(8-12)15-3)9-11(14)16-5-2/h10,13H,4-9H2,1-3H3. The van der Waals surface area contributed by atoms with Gasteiger partial charge in [-0.15, -0.1) is 0 Å². The minimum Gasteiger partial charge on any atom is -0.466 e. The first-order valence-electron chi connectivity index (χ1n) is 6.09. The van der Waals surface area contributed by atoms with Crippen LogP contribution in [0.5, 0.6) is 0 Å². The Kier molecular flexibility index (Phi) is 5.22. The van der Waals surface area contributed by atoms with Gasteiger partial charge in [0.15, 0.2) is 0 Å². The molecule has 1 aliphatic rings. The fourth-order valence-electron chi connectivity index (χ4n) is 2.21. The first-order valence-corrected chi connectivity index (χ1v) is 6.09. The van der Waals surface area contributed by atoms with E-state index in [9.17, 15) is 4.79 Å². The number of methoxy groups -OCH3 is 1. The van der Waals surface area contributed by atoms with Gasteiger partial charge < -0.3 is 14.8 Å². The molecule has 16 heavy (non-hydrogen) atoms. The van der Waals surface area contributed by atoms with Crippen LogP contribution < -0.4 is 5.32 Å². The summed E-state index contributed by atoms with van der Waals surface area (Å²) in [6.07, 6.45) is 3.63. The SMILES string of the molecule is CCCNC1(CC(=O)OCC)CC(OC)C1. The van der Waals surface area contributed by atoms with Gasteiger partial charge in [-0.2, -0.15) is 0 Å². The molecule has 1 saturated carbocycles. The highest BCUT2D eigenvalue weighted by molar-refractivity contribution is 5.71. The van der Waals surface area contributed by atoms with Crippen LogP contribution in [0, 0.1) is 0 Å². The van der Waals surface area contributed by atoms with Crippen molar-refractivity contribution < 1.29 is 14.3 Å². The van der Waals surface area contributed by atoms with Crippen LogP contribution >= 0.6 is 0 Å². The van der Waals surface area contributed by atoms with E-state index in [0.717, 1.165) is 25.8 Å². The zero-order chi connectivity index (χ0) is 12.0. The van der Waals surface area contributed by atoms with Gasteiger partial charge in [-0.1, -0.05) is 6.92 Å². The second-order valence-electron chi connectivity index (χ2n) is 4.45. The van der Waals surface area contributed by atoms with Crippen molar-refractivity contribution in [3.63, 3.8) is 0 Å². The molecule has 1 N–H and O–H groups in total. The Hall–Kier alpha value is -0.610. The molecule has 4 nitrogen and oxygen atoms in total. The molecule has 0 atom stereocenters. The third kappa shape index (κ3) is 3.46. The van der Waals surface area contributed by atoms with Gasteiger partial charge in [0.05, 0.1) is 19.1 Å². The second-order valence-corrected chi connectivity index (χ2v) is 4.45. The number of hydrogen-bond acceptors (Lipinski definition) is 4. The predicted octanol–water partition coefficient (Wildman–Crippen LogP) is 1.49. The molecule has 0 saturated heterocycles. The van der Waals surface area contributed by atoms with E-state index < -0.39 is 0 Å². The summed E-state index contributed by atoms with van der Waals surface area (Å²) in [7, 11) is 1.72. The smallest absolute Gasteiger partial charge is 0.307 e. The van der Waals surface area contributed by atoms with Gasteiger partial charge >= 0.3 is 5.97 Å². The zero-order valence-electron chi connectivity index (χ0n) is 10.5. The monoisotopic (exact) mass is 229 g/mol. The lowest BCUT2D eigenvalue weighted by molar-refractivity contribution is -0.148. The fourth-order valence-corrected chi connectivity index (χ4v) is 2.21. The molecule has 1 aliphatic carbocycles. The lowest BCUT2D eigenvalue weighted by Gasteiger charge is -2.47. The van der Waals surface area contributed by atoms with Gasteiger partial charge in [0.1, 0.15) is 0 Å². The summed E-state index contributed by atoms with van der Waals surface area (Å²) in [6, 6.07) is 0. The van der Waals surface area contributed by atoms with Crippen molar-refractivity contribution in [3.05, 3.63) is 0 Å². The van der Waals surface area contributed by atoms with E-state index in [-0.39, 0.29) is 11.5 Å². The molecular weight excluding hydrogens is 206 g/mol. The zero-order valence-corrected chi connectivity index (χ0v) is 10.5. The molecule has 0 bridgehead atoms. The molecule has 0 unspecified atom stereocenters. The quantitative estimate of drug-likeness (QED) is 0.672. The largest absolute Gasteiger partial charge is 0.466 e. The van der Waals surface area contributed by atoms with Crippen LogP contribution in [0.15, 0.2) is 0 Å². The minimum atomic E-state index is -0.111. The Morgan fingerprint density at radius 2 is 2.12 bits per heavy atom. The first kappa shape index (κ1) is 13.5. The molecule has 94 valence electrons. The Morgan fingerprint density at radius 3 is 2.62 bits per heavy atom. The molecule has 0 aromatic carbocycles. The number of carbonyl (C=O) groups is 1. The lowest BCUT2D eigenvalue weighted by Crippen LogP contribution is -2.59. The van der Waals surface area contributed by atoms with Crippen LogP contribution in [0.4, 0.5) is 0 Å². The molecule has 0 spiro atoms. The summed E-state index contributed by atoms with van der Waals surface area (Å²) < 4.78 is 10.3. The molecule has 4 heteroatoms. The van der Waals surface area contributed by atoms with Crippen LogP contribution in [0.2, 0.25) is 0 Å². The predicted molar refractivity (Wildman–Crippen MR) is 62.3 cm³/mol. The average Bonchev–Trinajstić information content (AvgIpc) is 2.21. The van der Waals surface area contributed by atoms with E-state index in [1.807, 2.05) is 6.92 Å². The van der Waals surface area contributed by atoms with Crippen molar-refractivity contribution in [2.75, 3.05) is 20.3 Å². The third-order valence-electron chi connectivity index (χ3n) is 3.11. The highest BCUT2D eigenvalue weighted by Gasteiger charge is 2.45. The summed E-state index contributed by atoms with van der Waals surface area (Å²) in [6.45, 7) is 5.35. The molecule has 0 aliphatic heterocycles. The number of ether oxygens (including phenoxy) is 2. The van der Waals surface area contributed by atoms with Gasteiger partial charge in [-0.25, -0.2) is 0 Å². The maximum Gasteiger partial charge on any atom is 0.307 e. The number of carbonyl (C=O) groups excluding carboxylic acids is 1. The second kappa shape index (κ2) is 6.21. The van der Waals surface area contributed by atoms with Crippen molar-refractivity contribution in [2.24, 2.45) is 0 Å². The number of esters is 1. The first-order chi connectivity index (χ1) is 7.65. The Balaban J connectivity index is 2.42. The third-order valence-corrected chi connectivity index (χ3v) is 3.11. The minimum absolute atomic E-state index is 0.0804. The van der Waals surface area contributed by atoms with Crippen molar-refractivity contribution in [1.82, 2.24) is 5.32 Å². The van der Waals surface area contributed by atoms with E-state index in [2.05, 4.69) is 12.2 Å². The molecule has 1 fully saturated rings.